The predicted octanol–water partition coefficient (Wildman–Crippen LogP) is 2.21. The van der Waals surface area contributed by atoms with E-state index in [9.17, 15) is 9.59 Å². The summed E-state index contributed by atoms with van der Waals surface area (Å²) >= 11 is 1.44. The molecule has 1 unspecified atom stereocenters. The van der Waals surface area contributed by atoms with Crippen LogP contribution < -0.4 is 5.32 Å². The molecule has 0 aliphatic heterocycles. The second-order valence-electron chi connectivity index (χ2n) is 3.28. The van der Waals surface area contributed by atoms with Gasteiger partial charge in [-0.2, -0.15) is 0 Å². The molecule has 2 N–H and O–H groups in total. The molecule has 0 spiro atoms. The molecule has 1 rings (SSSR count). The molecule has 0 saturated heterocycles. The maximum atomic E-state index is 10.5. The van der Waals surface area contributed by atoms with E-state index in [4.69, 9.17) is 5.11 Å². The highest BCUT2D eigenvalue weighted by atomic mass is 32.2. The summed E-state index contributed by atoms with van der Waals surface area (Å²) in [5, 5.41) is 11.2. The molecule has 0 radical (unpaired) electrons. The molecule has 1 aromatic rings. The van der Waals surface area contributed by atoms with E-state index in [2.05, 4.69) is 5.32 Å². The highest BCUT2D eigenvalue weighted by molar-refractivity contribution is 8.00. The number of carbonyl (C=O) groups excluding carboxylic acids is 1. The zero-order valence-corrected chi connectivity index (χ0v) is 9.66. The summed E-state index contributed by atoms with van der Waals surface area (Å²) in [5.74, 6) is -0.819. The van der Waals surface area contributed by atoms with Crippen LogP contribution in [0, 0.1) is 0 Å². The molecule has 0 aromatic heterocycles. The Bertz CT molecular complexity index is 381. The number of rotatable bonds is 6. The number of amides is 1. The lowest BCUT2D eigenvalue weighted by Gasteiger charge is -2.11. The zero-order valence-electron chi connectivity index (χ0n) is 8.84. The number of anilines is 1. The Morgan fingerprint density at radius 1 is 1.56 bits per heavy atom. The number of hydrogen-bond donors (Lipinski definition) is 2. The average molecular weight is 239 g/mol. The van der Waals surface area contributed by atoms with E-state index in [-0.39, 0.29) is 11.7 Å². The normalized spacial score (nSPS) is 11.8. The van der Waals surface area contributed by atoms with Gasteiger partial charge in [-0.25, -0.2) is 0 Å². The van der Waals surface area contributed by atoms with Crippen LogP contribution in [0.1, 0.15) is 13.3 Å². The van der Waals surface area contributed by atoms with Crippen LogP contribution in [0.4, 0.5) is 5.69 Å². The minimum absolute atomic E-state index is 0.0351. The fourth-order valence-electron chi connectivity index (χ4n) is 1.26. The molecule has 1 amide bonds. The number of carboxylic acid groups (broad SMARTS) is 1. The number of benzene rings is 1. The Morgan fingerprint density at radius 3 is 2.88 bits per heavy atom. The maximum Gasteiger partial charge on any atom is 0.304 e. The fourth-order valence-corrected chi connectivity index (χ4v) is 2.33. The third-order valence-corrected chi connectivity index (χ3v) is 3.07. The van der Waals surface area contributed by atoms with Gasteiger partial charge in [0, 0.05) is 10.1 Å². The van der Waals surface area contributed by atoms with E-state index in [1.54, 1.807) is 6.07 Å². The summed E-state index contributed by atoms with van der Waals surface area (Å²) < 4.78 is 0. The van der Waals surface area contributed by atoms with Crippen LogP contribution in [-0.4, -0.2) is 22.7 Å². The molecule has 16 heavy (non-hydrogen) atoms. The molecule has 86 valence electrons. The number of hydrogen-bond acceptors (Lipinski definition) is 3. The summed E-state index contributed by atoms with van der Waals surface area (Å²) in [5.41, 5.74) is 0.708. The van der Waals surface area contributed by atoms with Crippen LogP contribution in [0.25, 0.3) is 0 Å². The quantitative estimate of drug-likeness (QED) is 0.590. The van der Waals surface area contributed by atoms with E-state index >= 15 is 0 Å². The Balaban J connectivity index is 2.71. The smallest absolute Gasteiger partial charge is 0.304 e. The summed E-state index contributed by atoms with van der Waals surface area (Å²) in [6, 6.07) is 7.31. The van der Waals surface area contributed by atoms with Gasteiger partial charge in [-0.1, -0.05) is 19.1 Å². The number of nitrogens with one attached hydrogen (secondary N) is 1. The number of carboxylic acids is 1. The van der Waals surface area contributed by atoms with Crippen molar-refractivity contribution in [3.8, 4) is 0 Å². The van der Waals surface area contributed by atoms with Gasteiger partial charge < -0.3 is 10.4 Å². The van der Waals surface area contributed by atoms with Crippen molar-refractivity contribution in [2.75, 3.05) is 5.32 Å². The zero-order chi connectivity index (χ0) is 12.0. The first kappa shape index (κ1) is 12.6. The number of aliphatic carboxylic acids is 1. The molecule has 0 aliphatic carbocycles. The lowest BCUT2D eigenvalue weighted by Crippen LogP contribution is -2.06. The summed E-state index contributed by atoms with van der Waals surface area (Å²) in [6.45, 7) is 1.84. The van der Waals surface area contributed by atoms with Gasteiger partial charge in [0.25, 0.3) is 0 Å². The number of thioether (sulfide) groups is 1. The molecule has 0 aliphatic rings. The van der Waals surface area contributed by atoms with Crippen LogP contribution in [0.15, 0.2) is 29.2 Å². The van der Waals surface area contributed by atoms with Crippen LogP contribution >= 0.6 is 11.8 Å². The van der Waals surface area contributed by atoms with Gasteiger partial charge in [-0.15, -0.1) is 11.8 Å². The van der Waals surface area contributed by atoms with E-state index in [1.807, 2.05) is 25.1 Å². The van der Waals surface area contributed by atoms with Crippen molar-refractivity contribution >= 4 is 29.8 Å². The summed E-state index contributed by atoms with van der Waals surface area (Å²) in [6.07, 6.45) is 0.710. The van der Waals surface area contributed by atoms with Crippen molar-refractivity contribution in [2.45, 2.75) is 23.5 Å². The van der Waals surface area contributed by atoms with Crippen molar-refractivity contribution in [1.82, 2.24) is 0 Å². The minimum Gasteiger partial charge on any atom is -0.481 e. The lowest BCUT2D eigenvalue weighted by atomic mass is 10.3. The highest BCUT2D eigenvalue weighted by Crippen LogP contribution is 2.31. The first-order valence-corrected chi connectivity index (χ1v) is 5.69. The largest absolute Gasteiger partial charge is 0.481 e. The van der Waals surface area contributed by atoms with Crippen LogP contribution in [0.5, 0.6) is 0 Å². The van der Waals surface area contributed by atoms with E-state index < -0.39 is 5.97 Å². The average Bonchev–Trinajstić information content (AvgIpc) is 2.20. The third-order valence-electron chi connectivity index (χ3n) is 1.89. The summed E-state index contributed by atoms with van der Waals surface area (Å²) in [4.78, 5) is 21.8. The molecule has 0 bridgehead atoms. The summed E-state index contributed by atoms with van der Waals surface area (Å²) in [7, 11) is 0. The van der Waals surface area contributed by atoms with E-state index in [0.29, 0.717) is 12.1 Å². The van der Waals surface area contributed by atoms with Gasteiger partial charge in [0.05, 0.1) is 12.1 Å². The molecular weight excluding hydrogens is 226 g/mol. The van der Waals surface area contributed by atoms with Crippen molar-refractivity contribution in [3.05, 3.63) is 24.3 Å². The van der Waals surface area contributed by atoms with Gasteiger partial charge in [-0.3, -0.25) is 9.59 Å². The van der Waals surface area contributed by atoms with Gasteiger partial charge in [-0.05, 0) is 12.1 Å². The SMILES string of the molecule is CC(CC(=O)O)Sc1ccccc1NC=O. The fraction of sp³-hybridized carbons (Fsp3) is 0.273. The van der Waals surface area contributed by atoms with Crippen LogP contribution in [0.2, 0.25) is 0 Å². The molecule has 0 saturated carbocycles. The van der Waals surface area contributed by atoms with Crippen molar-refractivity contribution in [2.24, 2.45) is 0 Å². The second-order valence-corrected chi connectivity index (χ2v) is 4.76. The molecule has 4 nitrogen and oxygen atoms in total. The van der Waals surface area contributed by atoms with Gasteiger partial charge in [0.2, 0.25) is 6.41 Å². The first-order valence-electron chi connectivity index (χ1n) is 4.81. The predicted molar refractivity (Wildman–Crippen MR) is 63.7 cm³/mol. The van der Waals surface area contributed by atoms with E-state index in [1.165, 1.54) is 11.8 Å². The molecule has 0 heterocycles. The first-order chi connectivity index (χ1) is 7.63. The molecule has 5 heteroatoms. The lowest BCUT2D eigenvalue weighted by molar-refractivity contribution is -0.136. The van der Waals surface area contributed by atoms with Crippen LogP contribution in [-0.2, 0) is 9.59 Å². The van der Waals surface area contributed by atoms with Gasteiger partial charge in [0.15, 0.2) is 0 Å². The number of carbonyl (C=O) groups is 2. The van der Waals surface area contributed by atoms with Crippen LogP contribution in [0.3, 0.4) is 0 Å². The molecular formula is C11H13NO3S. The van der Waals surface area contributed by atoms with Crippen molar-refractivity contribution in [1.29, 1.82) is 0 Å². The molecule has 1 atom stereocenters. The number of para-hydroxylation sites is 1. The maximum absolute atomic E-state index is 10.5. The Hall–Kier alpha value is -1.49. The van der Waals surface area contributed by atoms with E-state index in [0.717, 1.165) is 4.90 Å². The third kappa shape index (κ3) is 3.94. The highest BCUT2D eigenvalue weighted by Gasteiger charge is 2.11. The van der Waals surface area contributed by atoms with Gasteiger partial charge >= 0.3 is 5.97 Å². The Morgan fingerprint density at radius 2 is 2.25 bits per heavy atom. The Kier molecular flexibility index (Phi) is 4.85. The standard InChI is InChI=1S/C11H13NO3S/c1-8(6-11(14)15)16-10-5-3-2-4-9(10)12-7-13/h2-5,7-8H,6H2,1H3,(H,12,13)(H,14,15). The molecule has 1 aromatic carbocycles. The second kappa shape index (κ2) is 6.17. The Labute approximate surface area is 98.0 Å². The minimum atomic E-state index is -0.819. The topological polar surface area (TPSA) is 66.4 Å². The van der Waals surface area contributed by atoms with Crippen molar-refractivity contribution < 1.29 is 14.7 Å². The van der Waals surface area contributed by atoms with Crippen molar-refractivity contribution in [3.63, 3.8) is 0 Å². The van der Waals surface area contributed by atoms with Gasteiger partial charge in [0.1, 0.15) is 0 Å². The monoisotopic (exact) mass is 239 g/mol. The molecule has 0 fully saturated rings.